The Morgan fingerprint density at radius 3 is 2.29 bits per heavy atom. The number of aromatic nitrogens is 1. The SMILES string of the molecule is CCO[C@H](CN1C[C@H]2CCCC[C@H]2C[C@H]1C(=O)NC(C)(C)C)[C@H](Cc1ccccc1)NC(=O)[C@H](NC(=O)COc1cccnc1)C(C)(C)S(C)(=O)=O. The number of ether oxygens (including phenoxy) is 2. The summed E-state index contributed by atoms with van der Waals surface area (Å²) < 4.78 is 36.5. The highest BCUT2D eigenvalue weighted by atomic mass is 32.2. The molecule has 1 saturated carbocycles. The summed E-state index contributed by atoms with van der Waals surface area (Å²) in [5, 5.41) is 8.97. The second-order valence-corrected chi connectivity index (χ2v) is 18.5. The van der Waals surface area contributed by atoms with E-state index in [4.69, 9.17) is 9.47 Å². The molecule has 1 aliphatic carbocycles. The van der Waals surface area contributed by atoms with Gasteiger partial charge in [-0.2, -0.15) is 0 Å². The molecular weight excluding hydrogens is 683 g/mol. The van der Waals surface area contributed by atoms with Gasteiger partial charge in [-0.25, -0.2) is 8.42 Å². The summed E-state index contributed by atoms with van der Waals surface area (Å²) in [7, 11) is -3.86. The Balaban J connectivity index is 1.64. The molecule has 12 nitrogen and oxygen atoms in total. The molecule has 0 unspecified atom stereocenters. The lowest BCUT2D eigenvalue weighted by molar-refractivity contribution is -0.134. The van der Waals surface area contributed by atoms with Crippen LogP contribution in [0.25, 0.3) is 0 Å². The van der Waals surface area contributed by atoms with Crippen molar-refractivity contribution in [3.63, 3.8) is 0 Å². The molecule has 1 aromatic heterocycles. The summed E-state index contributed by atoms with van der Waals surface area (Å²) in [6.45, 7) is 11.7. The topological polar surface area (TPSA) is 156 Å². The summed E-state index contributed by atoms with van der Waals surface area (Å²) in [4.78, 5) is 47.6. The van der Waals surface area contributed by atoms with Crippen LogP contribution in [-0.4, -0.2) is 103 Å². The lowest BCUT2D eigenvalue weighted by atomic mass is 9.72. The number of carbonyl (C=O) groups is 3. The van der Waals surface area contributed by atoms with Gasteiger partial charge >= 0.3 is 0 Å². The molecule has 0 radical (unpaired) electrons. The molecule has 4 rings (SSSR count). The number of pyridine rings is 1. The fourth-order valence-corrected chi connectivity index (χ4v) is 7.93. The summed E-state index contributed by atoms with van der Waals surface area (Å²) >= 11 is 0. The minimum absolute atomic E-state index is 0.0124. The van der Waals surface area contributed by atoms with Crippen LogP contribution in [0.2, 0.25) is 0 Å². The van der Waals surface area contributed by atoms with Crippen LogP contribution in [0, 0.1) is 11.8 Å². The third-order valence-electron chi connectivity index (χ3n) is 10.4. The predicted octanol–water partition coefficient (Wildman–Crippen LogP) is 3.70. The standard InChI is InChI=1S/C39H59N5O7S/c1-8-50-33(25-44-24-29-18-13-12-17-28(29)22-32(44)36(46)43-38(2,3)4)31(21-27-15-10-9-11-16-27)41-37(47)35(39(5,6)52(7,48)49)42-34(45)26-51-30-19-14-20-40-23-30/h9-11,14-16,19-20,23,28-29,31-33,35H,8,12-13,17-18,21-22,24-26H2,1-7H3,(H,41,47)(H,42,45)(H,43,46)/t28-,29+,31-,32-,33+,35-/m0/s1. The molecule has 0 spiro atoms. The molecule has 1 aliphatic heterocycles. The van der Waals surface area contributed by atoms with Crippen molar-refractivity contribution < 1.29 is 32.3 Å². The molecule has 2 heterocycles. The number of fused-ring (bicyclic) bond motifs is 1. The van der Waals surface area contributed by atoms with Crippen LogP contribution in [0.5, 0.6) is 5.75 Å². The van der Waals surface area contributed by atoms with E-state index < -0.39 is 56.7 Å². The van der Waals surface area contributed by atoms with Gasteiger partial charge in [0, 0.05) is 37.7 Å². The molecule has 2 aliphatic rings. The van der Waals surface area contributed by atoms with Gasteiger partial charge in [0.15, 0.2) is 16.4 Å². The maximum atomic E-state index is 14.4. The van der Waals surface area contributed by atoms with Crippen molar-refractivity contribution in [1.82, 2.24) is 25.8 Å². The first-order valence-corrected chi connectivity index (χ1v) is 20.4. The molecule has 13 heteroatoms. The molecule has 3 amide bonds. The van der Waals surface area contributed by atoms with E-state index >= 15 is 0 Å². The summed E-state index contributed by atoms with van der Waals surface area (Å²) in [5.41, 5.74) is 0.544. The number of piperidine rings is 1. The number of sulfone groups is 1. The first kappa shape index (κ1) is 41.2. The van der Waals surface area contributed by atoms with Crippen LogP contribution in [0.1, 0.15) is 79.2 Å². The molecule has 1 aromatic carbocycles. The van der Waals surface area contributed by atoms with Gasteiger partial charge in [0.2, 0.25) is 11.8 Å². The maximum absolute atomic E-state index is 14.4. The van der Waals surface area contributed by atoms with Crippen LogP contribution in [0.15, 0.2) is 54.9 Å². The highest BCUT2D eigenvalue weighted by molar-refractivity contribution is 7.92. The Kier molecular flexibility index (Phi) is 14.3. The third-order valence-corrected chi connectivity index (χ3v) is 12.5. The number of amides is 3. The van der Waals surface area contributed by atoms with E-state index in [-0.39, 0.29) is 11.9 Å². The Morgan fingerprint density at radius 2 is 1.67 bits per heavy atom. The van der Waals surface area contributed by atoms with E-state index in [0.29, 0.717) is 37.2 Å². The Bertz CT molecular complexity index is 1580. The number of nitrogens with one attached hydrogen (secondary N) is 3. The highest BCUT2D eigenvalue weighted by Gasteiger charge is 2.46. The van der Waals surface area contributed by atoms with Gasteiger partial charge in [-0.05, 0) is 90.3 Å². The average molecular weight is 742 g/mol. The van der Waals surface area contributed by atoms with Crippen LogP contribution >= 0.6 is 0 Å². The number of hydrogen-bond acceptors (Lipinski definition) is 9. The second-order valence-electron chi connectivity index (χ2n) is 15.9. The quantitative estimate of drug-likeness (QED) is 0.234. The molecule has 3 N–H and O–H groups in total. The Labute approximate surface area is 310 Å². The van der Waals surface area contributed by atoms with Crippen LogP contribution < -0.4 is 20.7 Å². The van der Waals surface area contributed by atoms with Crippen molar-refractivity contribution >= 4 is 27.6 Å². The molecule has 6 atom stereocenters. The van der Waals surface area contributed by atoms with E-state index in [2.05, 4.69) is 25.8 Å². The van der Waals surface area contributed by atoms with E-state index in [0.717, 1.165) is 37.6 Å². The number of hydrogen-bond donors (Lipinski definition) is 3. The molecule has 1 saturated heterocycles. The molecule has 0 bridgehead atoms. The fourth-order valence-electron chi connectivity index (χ4n) is 7.33. The first-order valence-electron chi connectivity index (χ1n) is 18.5. The van der Waals surface area contributed by atoms with Crippen LogP contribution in [-0.2, 0) is 35.4 Å². The van der Waals surface area contributed by atoms with Crippen molar-refractivity contribution in [1.29, 1.82) is 0 Å². The minimum atomic E-state index is -3.86. The summed E-state index contributed by atoms with van der Waals surface area (Å²) in [5.74, 6) is -0.0258. The van der Waals surface area contributed by atoms with Gasteiger partial charge in [0.1, 0.15) is 11.8 Å². The van der Waals surface area contributed by atoms with E-state index in [1.54, 1.807) is 18.3 Å². The average Bonchev–Trinajstić information content (AvgIpc) is 3.08. The number of carbonyl (C=O) groups excluding carboxylic acids is 3. The largest absolute Gasteiger partial charge is 0.482 e. The zero-order chi connectivity index (χ0) is 38.1. The smallest absolute Gasteiger partial charge is 0.258 e. The Hall–Kier alpha value is -3.55. The van der Waals surface area contributed by atoms with E-state index in [9.17, 15) is 22.8 Å². The van der Waals surface area contributed by atoms with Crippen LogP contribution in [0.3, 0.4) is 0 Å². The van der Waals surface area contributed by atoms with Crippen molar-refractivity contribution in [3.05, 3.63) is 60.4 Å². The third kappa shape index (κ3) is 11.5. The number of nitrogens with zero attached hydrogens (tertiary/aromatic N) is 2. The number of likely N-dealkylation sites (tertiary alicyclic amines) is 1. The first-order chi connectivity index (χ1) is 24.5. The number of rotatable bonds is 16. The fraction of sp³-hybridized carbons (Fsp3) is 0.641. The molecule has 2 aromatic rings. The minimum Gasteiger partial charge on any atom is -0.482 e. The van der Waals surface area contributed by atoms with Crippen molar-refractivity contribution in [2.75, 3.05) is 32.6 Å². The van der Waals surface area contributed by atoms with Gasteiger partial charge in [-0.15, -0.1) is 0 Å². The molecule has 288 valence electrons. The lowest BCUT2D eigenvalue weighted by Gasteiger charge is -2.47. The zero-order valence-corrected chi connectivity index (χ0v) is 32.7. The number of benzene rings is 1. The van der Waals surface area contributed by atoms with Gasteiger partial charge in [0.25, 0.3) is 5.91 Å². The molecule has 52 heavy (non-hydrogen) atoms. The van der Waals surface area contributed by atoms with Crippen molar-refractivity contribution in [2.24, 2.45) is 11.8 Å². The lowest BCUT2D eigenvalue weighted by Crippen LogP contribution is -2.64. The second kappa shape index (κ2) is 18.0. The summed E-state index contributed by atoms with van der Waals surface area (Å²) in [6.07, 6.45) is 9.24. The van der Waals surface area contributed by atoms with Gasteiger partial charge in [-0.3, -0.25) is 24.3 Å². The summed E-state index contributed by atoms with van der Waals surface area (Å²) in [6, 6.07) is 10.5. The van der Waals surface area contributed by atoms with E-state index in [1.807, 2.05) is 58.0 Å². The van der Waals surface area contributed by atoms with Crippen molar-refractivity contribution in [2.45, 2.75) is 115 Å². The van der Waals surface area contributed by atoms with E-state index in [1.165, 1.54) is 32.9 Å². The van der Waals surface area contributed by atoms with Gasteiger partial charge in [0.05, 0.1) is 29.1 Å². The maximum Gasteiger partial charge on any atom is 0.258 e. The highest BCUT2D eigenvalue weighted by Crippen LogP contribution is 2.39. The van der Waals surface area contributed by atoms with Gasteiger partial charge in [-0.1, -0.05) is 49.6 Å². The normalized spacial score (nSPS) is 21.6. The predicted molar refractivity (Wildman–Crippen MR) is 201 cm³/mol. The molecular formula is C39H59N5O7S. The van der Waals surface area contributed by atoms with Gasteiger partial charge < -0.3 is 25.4 Å². The van der Waals surface area contributed by atoms with Crippen molar-refractivity contribution in [3.8, 4) is 5.75 Å². The monoisotopic (exact) mass is 741 g/mol. The molecule has 2 fully saturated rings. The van der Waals surface area contributed by atoms with Crippen LogP contribution in [0.4, 0.5) is 0 Å². The zero-order valence-electron chi connectivity index (χ0n) is 31.9. The Morgan fingerprint density at radius 1 is 0.981 bits per heavy atom.